The predicted octanol–water partition coefficient (Wildman–Crippen LogP) is 4.27. The van der Waals surface area contributed by atoms with Gasteiger partial charge in [0.1, 0.15) is 5.75 Å². The Morgan fingerprint density at radius 1 is 0.878 bits per heavy atom. The number of nitrogens with zero attached hydrogens (tertiary/aromatic N) is 2. The van der Waals surface area contributed by atoms with Crippen LogP contribution in [-0.2, 0) is 4.79 Å². The van der Waals surface area contributed by atoms with Crippen LogP contribution in [0.3, 0.4) is 0 Å². The third-order valence-corrected chi connectivity index (χ3v) is 5.82. The molecule has 0 saturated heterocycles. The van der Waals surface area contributed by atoms with E-state index >= 15 is 0 Å². The van der Waals surface area contributed by atoms with Crippen molar-refractivity contribution in [3.63, 3.8) is 0 Å². The van der Waals surface area contributed by atoms with E-state index in [4.69, 9.17) is 14.2 Å². The SMILES string of the molecule is COc1ccc(C(=O)NCCCCCC(=O)N/N=C\c2ccc(OC(=O)c3ccc([N+](=O)[O-])cc3)cc2)cc1OC. The molecule has 3 rings (SSSR count). The van der Waals surface area contributed by atoms with Crippen LogP contribution in [-0.4, -0.2) is 49.7 Å². The van der Waals surface area contributed by atoms with E-state index in [1.54, 1.807) is 42.5 Å². The quantitative estimate of drug-likeness (QED) is 0.0736. The van der Waals surface area contributed by atoms with Crippen molar-refractivity contribution in [3.8, 4) is 17.2 Å². The minimum Gasteiger partial charge on any atom is -0.493 e. The molecule has 0 aliphatic rings. The van der Waals surface area contributed by atoms with Gasteiger partial charge in [-0.1, -0.05) is 6.42 Å². The smallest absolute Gasteiger partial charge is 0.343 e. The highest BCUT2D eigenvalue weighted by atomic mass is 16.6. The number of ether oxygens (including phenoxy) is 3. The van der Waals surface area contributed by atoms with E-state index in [2.05, 4.69) is 15.8 Å². The molecule has 2 amide bonds. The highest BCUT2D eigenvalue weighted by Gasteiger charge is 2.12. The molecule has 0 radical (unpaired) electrons. The average molecular weight is 563 g/mol. The van der Waals surface area contributed by atoms with Crippen LogP contribution >= 0.6 is 0 Å². The Balaban J connectivity index is 1.31. The first-order chi connectivity index (χ1) is 19.8. The highest BCUT2D eigenvalue weighted by Crippen LogP contribution is 2.27. The van der Waals surface area contributed by atoms with Gasteiger partial charge < -0.3 is 19.5 Å². The molecule has 12 heteroatoms. The summed E-state index contributed by atoms with van der Waals surface area (Å²) in [6.45, 7) is 0.478. The standard InChI is InChI=1S/C29H30N4O8/c1-39-25-16-11-22(18-26(25)40-2)28(35)30-17-5-3-4-6-27(34)32-31-19-20-7-14-24(15-8-20)41-29(36)21-9-12-23(13-10-21)33(37)38/h7-16,18-19H,3-6,17H2,1-2H3,(H,30,35)(H,32,34)/b31-19-. The van der Waals surface area contributed by atoms with Crippen LogP contribution in [0.1, 0.15) is 52.0 Å². The number of rotatable bonds is 14. The lowest BCUT2D eigenvalue weighted by molar-refractivity contribution is -0.384. The van der Waals surface area contributed by atoms with Crippen LogP contribution in [0.25, 0.3) is 0 Å². The zero-order chi connectivity index (χ0) is 29.6. The summed E-state index contributed by atoms with van der Waals surface area (Å²) in [5.74, 6) is 0.222. The Labute approximate surface area is 236 Å². The third kappa shape index (κ3) is 9.46. The topological polar surface area (TPSA) is 158 Å². The molecule has 0 spiro atoms. The van der Waals surface area contributed by atoms with Crippen LogP contribution in [0.2, 0.25) is 0 Å². The number of non-ortho nitro benzene ring substituents is 1. The van der Waals surface area contributed by atoms with Crippen LogP contribution in [0.4, 0.5) is 5.69 Å². The van der Waals surface area contributed by atoms with E-state index < -0.39 is 10.9 Å². The summed E-state index contributed by atoms with van der Waals surface area (Å²) in [6, 6.07) is 16.5. The number of unbranched alkanes of at least 4 members (excludes halogenated alkanes) is 2. The van der Waals surface area contributed by atoms with E-state index in [-0.39, 0.29) is 28.8 Å². The summed E-state index contributed by atoms with van der Waals surface area (Å²) < 4.78 is 15.7. The van der Waals surface area contributed by atoms with E-state index in [0.29, 0.717) is 42.0 Å². The highest BCUT2D eigenvalue weighted by molar-refractivity contribution is 5.95. The normalized spacial score (nSPS) is 10.6. The number of carbonyl (C=O) groups excluding carboxylic acids is 3. The van der Waals surface area contributed by atoms with Gasteiger partial charge in [-0.15, -0.1) is 0 Å². The predicted molar refractivity (Wildman–Crippen MR) is 151 cm³/mol. The van der Waals surface area contributed by atoms with Crippen molar-refractivity contribution in [2.75, 3.05) is 20.8 Å². The van der Waals surface area contributed by atoms with E-state index in [1.165, 1.54) is 44.7 Å². The Hall–Kier alpha value is -5.26. The van der Waals surface area contributed by atoms with Gasteiger partial charge in [0.05, 0.1) is 30.9 Å². The molecule has 0 heterocycles. The van der Waals surface area contributed by atoms with Crippen molar-refractivity contribution in [1.29, 1.82) is 0 Å². The first-order valence-electron chi connectivity index (χ1n) is 12.7. The maximum absolute atomic E-state index is 12.3. The molecule has 12 nitrogen and oxygen atoms in total. The molecular weight excluding hydrogens is 532 g/mol. The lowest BCUT2D eigenvalue weighted by atomic mass is 10.1. The molecule has 0 atom stereocenters. The van der Waals surface area contributed by atoms with Crippen molar-refractivity contribution in [1.82, 2.24) is 10.7 Å². The summed E-state index contributed by atoms with van der Waals surface area (Å²) in [7, 11) is 3.04. The summed E-state index contributed by atoms with van der Waals surface area (Å²) in [4.78, 5) is 46.7. The van der Waals surface area contributed by atoms with Crippen LogP contribution < -0.4 is 25.0 Å². The average Bonchev–Trinajstić information content (AvgIpc) is 2.99. The number of nitro groups is 1. The van der Waals surface area contributed by atoms with Gasteiger partial charge in [-0.2, -0.15) is 5.10 Å². The van der Waals surface area contributed by atoms with Crippen molar-refractivity contribution >= 4 is 29.7 Å². The third-order valence-electron chi connectivity index (χ3n) is 5.82. The monoisotopic (exact) mass is 562 g/mol. The van der Waals surface area contributed by atoms with Gasteiger partial charge in [0, 0.05) is 30.7 Å². The molecule has 41 heavy (non-hydrogen) atoms. The summed E-state index contributed by atoms with van der Waals surface area (Å²) >= 11 is 0. The van der Waals surface area contributed by atoms with Crippen molar-refractivity contribution < 1.29 is 33.5 Å². The van der Waals surface area contributed by atoms with Gasteiger partial charge in [-0.05, 0) is 73.0 Å². The number of benzene rings is 3. The van der Waals surface area contributed by atoms with Gasteiger partial charge >= 0.3 is 5.97 Å². The zero-order valence-corrected chi connectivity index (χ0v) is 22.6. The van der Waals surface area contributed by atoms with Crippen LogP contribution in [0.5, 0.6) is 17.2 Å². The number of hydrazone groups is 1. The van der Waals surface area contributed by atoms with Gasteiger partial charge in [0.15, 0.2) is 11.5 Å². The second-order valence-electron chi connectivity index (χ2n) is 8.69. The molecule has 0 fully saturated rings. The number of esters is 1. The first kappa shape index (κ1) is 30.3. The van der Waals surface area contributed by atoms with Gasteiger partial charge in [-0.25, -0.2) is 10.2 Å². The van der Waals surface area contributed by atoms with E-state index in [1.807, 2.05) is 0 Å². The van der Waals surface area contributed by atoms with Crippen LogP contribution in [0, 0.1) is 10.1 Å². The number of carbonyl (C=O) groups is 3. The Morgan fingerprint density at radius 3 is 2.22 bits per heavy atom. The number of nitrogens with one attached hydrogen (secondary N) is 2. The maximum Gasteiger partial charge on any atom is 0.343 e. The van der Waals surface area contributed by atoms with E-state index in [9.17, 15) is 24.5 Å². The Bertz CT molecular complexity index is 1390. The summed E-state index contributed by atoms with van der Waals surface area (Å²) in [5.41, 5.74) is 3.67. The lowest BCUT2D eigenvalue weighted by Crippen LogP contribution is -2.24. The maximum atomic E-state index is 12.3. The molecule has 0 unspecified atom stereocenters. The number of amides is 2. The van der Waals surface area contributed by atoms with Gasteiger partial charge in [-0.3, -0.25) is 19.7 Å². The summed E-state index contributed by atoms with van der Waals surface area (Å²) in [5, 5.41) is 17.5. The minimum atomic E-state index is -0.645. The fourth-order valence-corrected chi connectivity index (χ4v) is 3.61. The summed E-state index contributed by atoms with van der Waals surface area (Å²) in [6.07, 6.45) is 3.87. The number of nitro benzene ring substituents is 1. The van der Waals surface area contributed by atoms with Crippen molar-refractivity contribution in [3.05, 3.63) is 93.5 Å². The van der Waals surface area contributed by atoms with E-state index in [0.717, 1.165) is 12.8 Å². The van der Waals surface area contributed by atoms with Crippen LogP contribution in [0.15, 0.2) is 71.8 Å². The molecule has 0 bridgehead atoms. The molecule has 0 aliphatic heterocycles. The Kier molecular flexibility index (Phi) is 11.3. The zero-order valence-electron chi connectivity index (χ0n) is 22.6. The lowest BCUT2D eigenvalue weighted by Gasteiger charge is -2.10. The van der Waals surface area contributed by atoms with Crippen molar-refractivity contribution in [2.45, 2.75) is 25.7 Å². The molecule has 2 N–H and O–H groups in total. The molecule has 3 aromatic carbocycles. The second kappa shape index (κ2) is 15.4. The number of hydrogen-bond donors (Lipinski definition) is 2. The number of hydrogen-bond acceptors (Lipinski definition) is 9. The molecule has 3 aromatic rings. The fourth-order valence-electron chi connectivity index (χ4n) is 3.61. The van der Waals surface area contributed by atoms with Gasteiger partial charge in [0.2, 0.25) is 5.91 Å². The molecule has 0 aromatic heterocycles. The molecule has 214 valence electrons. The second-order valence-corrected chi connectivity index (χ2v) is 8.69. The molecule has 0 aliphatic carbocycles. The largest absolute Gasteiger partial charge is 0.493 e. The minimum absolute atomic E-state index is 0.120. The fraction of sp³-hybridized carbons (Fsp3) is 0.241. The molecule has 0 saturated carbocycles. The van der Waals surface area contributed by atoms with Gasteiger partial charge in [0.25, 0.3) is 11.6 Å². The van der Waals surface area contributed by atoms with Crippen molar-refractivity contribution in [2.24, 2.45) is 5.10 Å². The number of methoxy groups -OCH3 is 2. The Morgan fingerprint density at radius 2 is 1.56 bits per heavy atom. The first-order valence-corrected chi connectivity index (χ1v) is 12.7. The molecular formula is C29H30N4O8.